The van der Waals surface area contributed by atoms with Crippen molar-refractivity contribution in [3.63, 3.8) is 0 Å². The van der Waals surface area contributed by atoms with Gasteiger partial charge in [0.25, 0.3) is 0 Å². The highest BCUT2D eigenvalue weighted by atomic mass is 16.4. The number of fused-ring (bicyclic) bond motifs is 4. The van der Waals surface area contributed by atoms with Crippen molar-refractivity contribution in [3.05, 3.63) is 23.4 Å². The molecule has 1 heterocycles. The molecular formula is C23H35NO2. The van der Waals surface area contributed by atoms with Crippen molar-refractivity contribution < 1.29 is 9.90 Å². The third-order valence-corrected chi connectivity index (χ3v) is 8.71. The number of hydrogen-bond donors (Lipinski definition) is 1. The molecule has 0 amide bonds. The zero-order valence-corrected chi connectivity index (χ0v) is 17.0. The number of allylic oxidation sites excluding steroid dienone is 2. The summed E-state index contributed by atoms with van der Waals surface area (Å²) in [6, 6.07) is 0. The Labute approximate surface area is 158 Å². The van der Waals surface area contributed by atoms with E-state index in [1.807, 2.05) is 11.1 Å². The molecule has 0 aromatic rings. The largest absolute Gasteiger partial charge is 0.480 e. The van der Waals surface area contributed by atoms with Gasteiger partial charge in [-0.25, -0.2) is 0 Å². The zero-order valence-electron chi connectivity index (χ0n) is 17.0. The molecule has 0 radical (unpaired) electrons. The van der Waals surface area contributed by atoms with Crippen LogP contribution < -0.4 is 0 Å². The zero-order chi connectivity index (χ0) is 18.7. The number of carboxylic acids is 1. The fourth-order valence-corrected chi connectivity index (χ4v) is 7.71. The molecule has 4 atom stereocenters. The maximum absolute atomic E-state index is 11.1. The number of carboxylic acid groups (broad SMARTS) is 1. The SMILES string of the molecule is CC1(C)CCC[C@]2(C)[C@H]3CCC4=C(C=CN(CC(=O)O)C4)[C@]3(C)CC[C@@H]12. The van der Waals surface area contributed by atoms with Crippen LogP contribution in [0.15, 0.2) is 23.4 Å². The highest BCUT2D eigenvalue weighted by Crippen LogP contribution is 2.68. The van der Waals surface area contributed by atoms with Crippen molar-refractivity contribution in [2.75, 3.05) is 13.1 Å². The van der Waals surface area contributed by atoms with Gasteiger partial charge in [-0.15, -0.1) is 0 Å². The lowest BCUT2D eigenvalue weighted by Crippen LogP contribution is -2.56. The van der Waals surface area contributed by atoms with Crippen LogP contribution in [0.5, 0.6) is 0 Å². The first-order chi connectivity index (χ1) is 12.2. The second kappa shape index (κ2) is 5.87. The molecular weight excluding hydrogens is 322 g/mol. The summed E-state index contributed by atoms with van der Waals surface area (Å²) in [6.07, 6.45) is 13.5. The molecule has 0 bridgehead atoms. The highest BCUT2D eigenvalue weighted by molar-refractivity contribution is 5.69. The first-order valence-corrected chi connectivity index (χ1v) is 10.5. The monoisotopic (exact) mass is 357 g/mol. The molecule has 0 unspecified atom stereocenters. The van der Waals surface area contributed by atoms with Gasteiger partial charge in [-0.3, -0.25) is 4.79 Å². The molecule has 2 saturated carbocycles. The first kappa shape index (κ1) is 18.1. The minimum atomic E-state index is -0.740. The van der Waals surface area contributed by atoms with E-state index in [0.29, 0.717) is 10.8 Å². The van der Waals surface area contributed by atoms with Crippen molar-refractivity contribution >= 4 is 5.97 Å². The molecule has 2 fully saturated rings. The number of hydrogen-bond acceptors (Lipinski definition) is 2. The van der Waals surface area contributed by atoms with E-state index in [2.05, 4.69) is 33.8 Å². The van der Waals surface area contributed by atoms with Gasteiger partial charge in [0.2, 0.25) is 0 Å². The van der Waals surface area contributed by atoms with Crippen molar-refractivity contribution in [1.29, 1.82) is 0 Å². The maximum atomic E-state index is 11.1. The second-order valence-corrected chi connectivity index (χ2v) is 10.6. The smallest absolute Gasteiger partial charge is 0.323 e. The minimum absolute atomic E-state index is 0.113. The summed E-state index contributed by atoms with van der Waals surface area (Å²) in [5, 5.41) is 9.12. The van der Waals surface area contributed by atoms with Crippen LogP contribution in [0, 0.1) is 28.1 Å². The van der Waals surface area contributed by atoms with Crippen molar-refractivity contribution in [3.8, 4) is 0 Å². The molecule has 144 valence electrons. The summed E-state index contributed by atoms with van der Waals surface area (Å²) >= 11 is 0. The van der Waals surface area contributed by atoms with Gasteiger partial charge >= 0.3 is 5.97 Å². The predicted molar refractivity (Wildman–Crippen MR) is 105 cm³/mol. The van der Waals surface area contributed by atoms with Gasteiger partial charge in [0.1, 0.15) is 6.54 Å². The lowest BCUT2D eigenvalue weighted by molar-refractivity contribution is -0.137. The molecule has 3 nitrogen and oxygen atoms in total. The van der Waals surface area contributed by atoms with Crippen LogP contribution in [-0.4, -0.2) is 29.1 Å². The van der Waals surface area contributed by atoms with Crippen LogP contribution in [-0.2, 0) is 4.79 Å². The van der Waals surface area contributed by atoms with Gasteiger partial charge in [0.15, 0.2) is 0 Å². The molecule has 3 heteroatoms. The van der Waals surface area contributed by atoms with E-state index >= 15 is 0 Å². The molecule has 0 aromatic heterocycles. The highest BCUT2D eigenvalue weighted by Gasteiger charge is 2.59. The topological polar surface area (TPSA) is 40.5 Å². The molecule has 1 aliphatic heterocycles. The Morgan fingerprint density at radius 2 is 1.92 bits per heavy atom. The summed E-state index contributed by atoms with van der Waals surface area (Å²) in [5.41, 5.74) is 4.27. The summed E-state index contributed by atoms with van der Waals surface area (Å²) in [5.74, 6) is 0.874. The van der Waals surface area contributed by atoms with E-state index < -0.39 is 5.97 Å². The van der Waals surface area contributed by atoms with E-state index in [4.69, 9.17) is 5.11 Å². The van der Waals surface area contributed by atoms with Gasteiger partial charge in [0, 0.05) is 12.7 Å². The Morgan fingerprint density at radius 3 is 2.65 bits per heavy atom. The van der Waals surface area contributed by atoms with Gasteiger partial charge in [-0.05, 0) is 83.8 Å². The third kappa shape index (κ3) is 2.57. The predicted octanol–water partition coefficient (Wildman–Crippen LogP) is 5.24. The summed E-state index contributed by atoms with van der Waals surface area (Å²) in [7, 11) is 0. The first-order valence-electron chi connectivity index (χ1n) is 10.5. The van der Waals surface area contributed by atoms with Crippen molar-refractivity contribution in [2.24, 2.45) is 28.1 Å². The van der Waals surface area contributed by atoms with Gasteiger partial charge in [-0.2, -0.15) is 0 Å². The third-order valence-electron chi connectivity index (χ3n) is 8.71. The van der Waals surface area contributed by atoms with Crippen LogP contribution in [0.4, 0.5) is 0 Å². The number of rotatable bonds is 2. The number of aliphatic carboxylic acids is 1. The Kier molecular flexibility index (Phi) is 4.09. The molecule has 3 aliphatic carbocycles. The maximum Gasteiger partial charge on any atom is 0.323 e. The van der Waals surface area contributed by atoms with E-state index in [-0.39, 0.29) is 12.0 Å². The van der Waals surface area contributed by atoms with E-state index in [0.717, 1.165) is 24.8 Å². The number of carbonyl (C=O) groups is 1. The lowest BCUT2D eigenvalue weighted by atomic mass is 9.40. The molecule has 1 N–H and O–H groups in total. The Hall–Kier alpha value is -1.25. The van der Waals surface area contributed by atoms with Crippen molar-refractivity contribution in [2.45, 2.75) is 72.6 Å². The van der Waals surface area contributed by atoms with Gasteiger partial charge < -0.3 is 10.0 Å². The van der Waals surface area contributed by atoms with E-state index in [1.165, 1.54) is 44.1 Å². The van der Waals surface area contributed by atoms with Crippen LogP contribution in [0.2, 0.25) is 0 Å². The Morgan fingerprint density at radius 1 is 1.15 bits per heavy atom. The van der Waals surface area contributed by atoms with Crippen LogP contribution in [0.25, 0.3) is 0 Å². The molecule has 4 rings (SSSR count). The lowest BCUT2D eigenvalue weighted by Gasteiger charge is -2.64. The van der Waals surface area contributed by atoms with Gasteiger partial charge in [-0.1, -0.05) is 34.1 Å². The standard InChI is InChI=1S/C23H35NO2/c1-21(2)10-5-11-23(4)18(21)8-12-22(3)17-9-13-24(15-20(25)26)14-16(17)6-7-19(22)23/h9,13,18-19H,5-8,10-12,14-15H2,1-4H3,(H,25,26)/t18-,19-,22-,23-/m0/s1. The van der Waals surface area contributed by atoms with E-state index in [1.54, 1.807) is 5.57 Å². The Balaban J connectivity index is 1.66. The van der Waals surface area contributed by atoms with Crippen LogP contribution >= 0.6 is 0 Å². The second-order valence-electron chi connectivity index (χ2n) is 10.6. The van der Waals surface area contributed by atoms with Crippen molar-refractivity contribution in [1.82, 2.24) is 4.90 Å². The molecule has 0 spiro atoms. The van der Waals surface area contributed by atoms with Gasteiger partial charge in [0.05, 0.1) is 0 Å². The van der Waals surface area contributed by atoms with E-state index in [9.17, 15) is 4.79 Å². The normalized spacial score (nSPS) is 41.3. The average Bonchev–Trinajstić information content (AvgIpc) is 2.52. The molecule has 4 aliphatic rings. The quantitative estimate of drug-likeness (QED) is 0.735. The fraction of sp³-hybridized carbons (Fsp3) is 0.783. The van der Waals surface area contributed by atoms with Crippen LogP contribution in [0.1, 0.15) is 72.6 Å². The number of nitrogens with zero attached hydrogens (tertiary/aromatic N) is 1. The summed E-state index contributed by atoms with van der Waals surface area (Å²) in [4.78, 5) is 13.0. The minimum Gasteiger partial charge on any atom is -0.480 e. The summed E-state index contributed by atoms with van der Waals surface area (Å²) < 4.78 is 0. The molecule has 26 heavy (non-hydrogen) atoms. The molecule has 0 aromatic carbocycles. The average molecular weight is 358 g/mol. The summed E-state index contributed by atoms with van der Waals surface area (Å²) in [6.45, 7) is 11.1. The fourth-order valence-electron chi connectivity index (χ4n) is 7.71. The Bertz CT molecular complexity index is 676. The van der Waals surface area contributed by atoms with Crippen LogP contribution in [0.3, 0.4) is 0 Å². The molecule has 0 saturated heterocycles.